The Labute approximate surface area is 86.7 Å². The van der Waals surface area contributed by atoms with E-state index in [9.17, 15) is 9.18 Å². The Morgan fingerprint density at radius 3 is 2.67 bits per heavy atom. The Balaban J connectivity index is 1.95. The third kappa shape index (κ3) is 2.35. The summed E-state index contributed by atoms with van der Waals surface area (Å²) in [5.74, 6) is -1.73. The van der Waals surface area contributed by atoms with Crippen LogP contribution in [0.3, 0.4) is 0 Å². The van der Waals surface area contributed by atoms with E-state index in [1.54, 1.807) is 0 Å². The number of carboxylic acids is 1. The molecule has 0 aromatic rings. The number of aliphatic carboxylic acids is 1. The van der Waals surface area contributed by atoms with E-state index in [0.29, 0.717) is 25.7 Å². The Bertz CT molecular complexity index is 290. The fourth-order valence-electron chi connectivity index (χ4n) is 2.05. The van der Waals surface area contributed by atoms with Gasteiger partial charge in [0.25, 0.3) is 0 Å². The van der Waals surface area contributed by atoms with Gasteiger partial charge in [-0.1, -0.05) is 5.57 Å². The van der Waals surface area contributed by atoms with Gasteiger partial charge in [-0.2, -0.15) is 0 Å². The van der Waals surface area contributed by atoms with Crippen molar-refractivity contribution >= 4 is 5.97 Å². The normalized spacial score (nSPS) is 35.8. The summed E-state index contributed by atoms with van der Waals surface area (Å²) in [5, 5.41) is 8.57. The van der Waals surface area contributed by atoms with E-state index in [1.807, 2.05) is 0 Å². The van der Waals surface area contributed by atoms with Gasteiger partial charge in [0, 0.05) is 18.9 Å². The minimum atomic E-state index is -1.34. The van der Waals surface area contributed by atoms with Gasteiger partial charge < -0.3 is 14.6 Å². The molecule has 1 atom stereocenters. The van der Waals surface area contributed by atoms with Crippen LogP contribution >= 0.6 is 0 Å². The molecule has 1 unspecified atom stereocenters. The maximum absolute atomic E-state index is 12.8. The highest BCUT2D eigenvalue weighted by Gasteiger charge is 2.43. The van der Waals surface area contributed by atoms with E-state index in [2.05, 4.69) is 0 Å². The summed E-state index contributed by atoms with van der Waals surface area (Å²) in [5.41, 5.74) is 0.864. The lowest BCUT2D eigenvalue weighted by Crippen LogP contribution is -2.33. The maximum Gasteiger partial charge on any atom is 0.328 e. The second kappa shape index (κ2) is 3.90. The molecule has 0 radical (unpaired) electrons. The third-order valence-corrected chi connectivity index (χ3v) is 2.80. The Hall–Kier alpha value is -0.940. The SMILES string of the molecule is O=C(O)C=C1CCC2(CC1)OCC(F)O2. The lowest BCUT2D eigenvalue weighted by Gasteiger charge is -2.32. The van der Waals surface area contributed by atoms with E-state index in [1.165, 1.54) is 6.08 Å². The summed E-state index contributed by atoms with van der Waals surface area (Å²) in [6.07, 6.45) is 2.14. The molecule has 2 rings (SSSR count). The topological polar surface area (TPSA) is 55.8 Å². The smallest absolute Gasteiger partial charge is 0.328 e. The van der Waals surface area contributed by atoms with Gasteiger partial charge in [0.2, 0.25) is 6.36 Å². The molecular weight excluding hydrogens is 203 g/mol. The van der Waals surface area contributed by atoms with E-state index in [4.69, 9.17) is 14.6 Å². The van der Waals surface area contributed by atoms with Crippen molar-refractivity contribution in [1.29, 1.82) is 0 Å². The zero-order valence-corrected chi connectivity index (χ0v) is 8.24. The Kier molecular flexibility index (Phi) is 2.75. The Morgan fingerprint density at radius 1 is 1.53 bits per heavy atom. The van der Waals surface area contributed by atoms with Crippen LogP contribution < -0.4 is 0 Å². The molecule has 15 heavy (non-hydrogen) atoms. The summed E-state index contributed by atoms with van der Waals surface area (Å²) >= 11 is 0. The first-order chi connectivity index (χ1) is 7.10. The second-order valence-corrected chi connectivity index (χ2v) is 3.89. The number of alkyl halides is 1. The van der Waals surface area contributed by atoms with Crippen LogP contribution in [0.4, 0.5) is 4.39 Å². The van der Waals surface area contributed by atoms with E-state index in [0.717, 1.165) is 5.57 Å². The van der Waals surface area contributed by atoms with E-state index >= 15 is 0 Å². The predicted octanol–water partition coefficient (Wildman–Crippen LogP) is 1.61. The summed E-state index contributed by atoms with van der Waals surface area (Å²) in [6.45, 7) is -0.0159. The quantitative estimate of drug-likeness (QED) is 0.676. The molecule has 1 spiro atoms. The molecular formula is C10H13FO4. The van der Waals surface area contributed by atoms with Gasteiger partial charge in [-0.15, -0.1) is 0 Å². The number of allylic oxidation sites excluding steroid dienone is 1. The molecule has 1 aliphatic carbocycles. The maximum atomic E-state index is 12.8. The Morgan fingerprint density at radius 2 is 2.20 bits per heavy atom. The van der Waals surface area contributed by atoms with Crippen molar-refractivity contribution in [3.05, 3.63) is 11.6 Å². The molecule has 0 aromatic heterocycles. The summed E-state index contributed by atoms with van der Waals surface area (Å²) in [7, 11) is 0. The number of hydrogen-bond donors (Lipinski definition) is 1. The van der Waals surface area contributed by atoms with E-state index < -0.39 is 18.1 Å². The fraction of sp³-hybridized carbons (Fsp3) is 0.700. The number of carboxylic acid groups (broad SMARTS) is 1. The second-order valence-electron chi connectivity index (χ2n) is 3.89. The highest BCUT2D eigenvalue weighted by molar-refractivity contribution is 5.80. The lowest BCUT2D eigenvalue weighted by atomic mass is 9.89. The van der Waals surface area contributed by atoms with Gasteiger partial charge >= 0.3 is 5.97 Å². The van der Waals surface area contributed by atoms with Crippen molar-refractivity contribution in [3.8, 4) is 0 Å². The zero-order valence-electron chi connectivity index (χ0n) is 8.24. The van der Waals surface area contributed by atoms with Gasteiger partial charge in [0.1, 0.15) is 6.61 Å². The standard InChI is InChI=1S/C10H13FO4/c11-8-6-14-10(15-8)3-1-7(2-4-10)5-9(12)13/h5,8H,1-4,6H2,(H,12,13). The molecule has 84 valence electrons. The molecule has 1 N–H and O–H groups in total. The fourth-order valence-corrected chi connectivity index (χ4v) is 2.05. The van der Waals surface area contributed by atoms with Crippen molar-refractivity contribution in [2.45, 2.75) is 37.8 Å². The molecule has 1 heterocycles. The first-order valence-corrected chi connectivity index (χ1v) is 4.98. The van der Waals surface area contributed by atoms with Crippen LogP contribution in [0.15, 0.2) is 11.6 Å². The molecule has 0 amide bonds. The van der Waals surface area contributed by atoms with E-state index in [-0.39, 0.29) is 6.61 Å². The third-order valence-electron chi connectivity index (χ3n) is 2.80. The highest BCUT2D eigenvalue weighted by atomic mass is 19.1. The molecule has 4 nitrogen and oxygen atoms in total. The van der Waals surface area contributed by atoms with Crippen LogP contribution in [-0.2, 0) is 14.3 Å². The van der Waals surface area contributed by atoms with Gasteiger partial charge in [0.05, 0.1) is 0 Å². The molecule has 2 aliphatic rings. The largest absolute Gasteiger partial charge is 0.478 e. The number of carbonyl (C=O) groups is 1. The van der Waals surface area contributed by atoms with Crippen molar-refractivity contribution in [2.75, 3.05) is 6.61 Å². The van der Waals surface area contributed by atoms with Crippen molar-refractivity contribution in [3.63, 3.8) is 0 Å². The molecule has 0 aromatic carbocycles. The molecule has 0 bridgehead atoms. The van der Waals surface area contributed by atoms with Crippen LogP contribution in [0.1, 0.15) is 25.7 Å². The molecule has 1 saturated heterocycles. The predicted molar refractivity (Wildman–Crippen MR) is 48.9 cm³/mol. The lowest BCUT2D eigenvalue weighted by molar-refractivity contribution is -0.196. The van der Waals surface area contributed by atoms with Gasteiger partial charge in [-0.3, -0.25) is 0 Å². The van der Waals surface area contributed by atoms with Crippen LogP contribution in [0.25, 0.3) is 0 Å². The average Bonchev–Trinajstić information content (AvgIpc) is 2.52. The van der Waals surface area contributed by atoms with Crippen LogP contribution in [0.2, 0.25) is 0 Å². The molecule has 1 aliphatic heterocycles. The monoisotopic (exact) mass is 216 g/mol. The van der Waals surface area contributed by atoms with Gasteiger partial charge in [0.15, 0.2) is 5.79 Å². The number of rotatable bonds is 1. The van der Waals surface area contributed by atoms with Gasteiger partial charge in [-0.05, 0) is 12.8 Å². The minimum Gasteiger partial charge on any atom is -0.478 e. The molecule has 5 heteroatoms. The first-order valence-electron chi connectivity index (χ1n) is 4.98. The van der Waals surface area contributed by atoms with Crippen molar-refractivity contribution in [2.24, 2.45) is 0 Å². The first kappa shape index (κ1) is 10.6. The number of ether oxygens (including phenoxy) is 2. The molecule has 2 fully saturated rings. The summed E-state index contributed by atoms with van der Waals surface area (Å²) < 4.78 is 23.2. The highest BCUT2D eigenvalue weighted by Crippen LogP contribution is 2.39. The number of hydrogen-bond acceptors (Lipinski definition) is 3. The van der Waals surface area contributed by atoms with Crippen LogP contribution in [0, 0.1) is 0 Å². The summed E-state index contributed by atoms with van der Waals surface area (Å²) in [6, 6.07) is 0. The number of halogens is 1. The van der Waals surface area contributed by atoms with Crippen LogP contribution in [0.5, 0.6) is 0 Å². The van der Waals surface area contributed by atoms with Crippen LogP contribution in [-0.4, -0.2) is 29.8 Å². The zero-order chi connectivity index (χ0) is 10.9. The van der Waals surface area contributed by atoms with Gasteiger partial charge in [-0.25, -0.2) is 9.18 Å². The van der Waals surface area contributed by atoms with Crippen molar-refractivity contribution in [1.82, 2.24) is 0 Å². The summed E-state index contributed by atoms with van der Waals surface area (Å²) in [4.78, 5) is 10.4. The van der Waals surface area contributed by atoms with Crippen molar-refractivity contribution < 1.29 is 23.8 Å². The minimum absolute atomic E-state index is 0.0159. The molecule has 1 saturated carbocycles. The average molecular weight is 216 g/mol.